The van der Waals surface area contributed by atoms with Gasteiger partial charge >= 0.3 is 0 Å². The molecule has 1 fully saturated rings. The maximum absolute atomic E-state index is 13.1. The van der Waals surface area contributed by atoms with Gasteiger partial charge in [-0.05, 0) is 42.5 Å². The number of rotatable bonds is 4. The van der Waals surface area contributed by atoms with Crippen molar-refractivity contribution in [2.75, 3.05) is 19.6 Å². The summed E-state index contributed by atoms with van der Waals surface area (Å²) in [5, 5.41) is 6.18. The molecule has 4 rings (SSSR count). The summed E-state index contributed by atoms with van der Waals surface area (Å²) in [5.74, 6) is 2.71. The van der Waals surface area contributed by atoms with Gasteiger partial charge in [-0.3, -0.25) is 9.69 Å². The molecule has 0 N–H and O–H groups in total. The number of likely N-dealkylation sites (tertiary alicyclic amines) is 1. The average Bonchev–Trinajstić information content (AvgIpc) is 3.33. The normalized spacial score (nSPS) is 26.9. The minimum atomic E-state index is -0.211. The second kappa shape index (κ2) is 7.11. The number of carbonyl (C=O) groups is 1. The van der Waals surface area contributed by atoms with Crippen LogP contribution in [0, 0.1) is 11.8 Å². The van der Waals surface area contributed by atoms with E-state index in [2.05, 4.69) is 23.8 Å². The molecule has 26 heavy (non-hydrogen) atoms. The topological polar surface area (TPSA) is 62.2 Å². The van der Waals surface area contributed by atoms with Gasteiger partial charge in [0.15, 0.2) is 0 Å². The number of hydrazone groups is 1. The molecule has 6 nitrogen and oxygen atoms in total. The summed E-state index contributed by atoms with van der Waals surface area (Å²) in [5.41, 5.74) is 0.783. The highest BCUT2D eigenvalue weighted by Gasteiger charge is 2.36. The van der Waals surface area contributed by atoms with Gasteiger partial charge in [-0.2, -0.15) is 5.10 Å². The van der Waals surface area contributed by atoms with E-state index in [4.69, 9.17) is 8.83 Å². The summed E-state index contributed by atoms with van der Waals surface area (Å²) in [6.07, 6.45) is 5.08. The molecule has 1 saturated heterocycles. The largest absolute Gasteiger partial charge is 0.467 e. The summed E-state index contributed by atoms with van der Waals surface area (Å²) in [6, 6.07) is 7.24. The van der Waals surface area contributed by atoms with Crippen LogP contribution >= 0.6 is 0 Å². The van der Waals surface area contributed by atoms with Crippen LogP contribution < -0.4 is 0 Å². The molecule has 3 atom stereocenters. The molecule has 1 amide bonds. The summed E-state index contributed by atoms with van der Waals surface area (Å²) < 4.78 is 11.1. The molecular formula is C20H25N3O3. The van der Waals surface area contributed by atoms with E-state index in [9.17, 15) is 4.79 Å². The van der Waals surface area contributed by atoms with Crippen LogP contribution in [0.2, 0.25) is 0 Å². The Labute approximate surface area is 153 Å². The third kappa shape index (κ3) is 3.46. The fourth-order valence-electron chi connectivity index (χ4n) is 4.22. The smallest absolute Gasteiger partial charge is 0.257 e. The second-order valence-corrected chi connectivity index (χ2v) is 7.64. The number of nitrogens with zero attached hydrogens (tertiary/aromatic N) is 3. The molecule has 0 spiro atoms. The first-order valence-electron chi connectivity index (χ1n) is 9.29. The van der Waals surface area contributed by atoms with Gasteiger partial charge in [-0.1, -0.05) is 13.8 Å². The fourth-order valence-corrected chi connectivity index (χ4v) is 4.22. The number of hydrogen-bond acceptors (Lipinski definition) is 5. The Balaban J connectivity index is 1.53. The van der Waals surface area contributed by atoms with Crippen LogP contribution in [-0.4, -0.2) is 41.2 Å². The first-order chi connectivity index (χ1) is 12.6. The molecule has 138 valence electrons. The highest BCUT2D eigenvalue weighted by Crippen LogP contribution is 2.33. The van der Waals surface area contributed by atoms with Gasteiger partial charge in [-0.15, -0.1) is 0 Å². The van der Waals surface area contributed by atoms with Crippen LogP contribution in [0.15, 0.2) is 50.7 Å². The van der Waals surface area contributed by atoms with E-state index in [0.29, 0.717) is 30.6 Å². The Kier molecular flexibility index (Phi) is 4.68. The van der Waals surface area contributed by atoms with Crippen LogP contribution in [0.1, 0.15) is 44.3 Å². The van der Waals surface area contributed by atoms with Gasteiger partial charge in [-0.25, -0.2) is 5.01 Å². The van der Waals surface area contributed by atoms with Gasteiger partial charge in [0.25, 0.3) is 5.91 Å². The molecule has 2 aliphatic heterocycles. The lowest BCUT2D eigenvalue weighted by molar-refractivity contribution is -0.135. The molecule has 0 aromatic carbocycles. The van der Waals surface area contributed by atoms with E-state index < -0.39 is 0 Å². The van der Waals surface area contributed by atoms with Crippen LogP contribution in [0.3, 0.4) is 0 Å². The van der Waals surface area contributed by atoms with Crippen molar-refractivity contribution in [2.24, 2.45) is 16.9 Å². The van der Waals surface area contributed by atoms with Gasteiger partial charge in [0.1, 0.15) is 23.3 Å². The van der Waals surface area contributed by atoms with Crippen molar-refractivity contribution in [3.05, 3.63) is 48.3 Å². The van der Waals surface area contributed by atoms with Crippen LogP contribution in [-0.2, 0) is 4.79 Å². The first kappa shape index (κ1) is 17.1. The maximum Gasteiger partial charge on any atom is 0.257 e. The number of furan rings is 2. The Morgan fingerprint density at radius 1 is 1.15 bits per heavy atom. The molecule has 0 radical (unpaired) electrons. The van der Waals surface area contributed by atoms with E-state index in [0.717, 1.165) is 24.6 Å². The lowest BCUT2D eigenvalue weighted by Crippen LogP contribution is -2.44. The summed E-state index contributed by atoms with van der Waals surface area (Å²) in [4.78, 5) is 15.3. The summed E-state index contributed by atoms with van der Waals surface area (Å²) in [7, 11) is 0. The van der Waals surface area contributed by atoms with Crippen molar-refractivity contribution in [3.8, 4) is 0 Å². The third-order valence-corrected chi connectivity index (χ3v) is 5.15. The molecular weight excluding hydrogens is 330 g/mol. The quantitative estimate of drug-likeness (QED) is 0.842. The monoisotopic (exact) mass is 355 g/mol. The van der Waals surface area contributed by atoms with Crippen LogP contribution in [0.4, 0.5) is 0 Å². The van der Waals surface area contributed by atoms with Crippen molar-refractivity contribution < 1.29 is 13.6 Å². The van der Waals surface area contributed by atoms with Gasteiger partial charge in [0.2, 0.25) is 0 Å². The standard InChI is InChI=1S/C20H25N3O3/c1-14-9-15(2)12-22(11-14)13-20(24)23-17(19-6-4-8-26-19)10-16(21-23)18-5-3-7-25-18/h3-8,14-15,17H,9-13H2,1-2H3/t14-,15+,17-/m1/s1. The average molecular weight is 355 g/mol. The van der Waals surface area contributed by atoms with Gasteiger partial charge in [0, 0.05) is 19.5 Å². The highest BCUT2D eigenvalue weighted by atomic mass is 16.3. The van der Waals surface area contributed by atoms with Crippen molar-refractivity contribution in [3.63, 3.8) is 0 Å². The zero-order valence-electron chi connectivity index (χ0n) is 15.3. The van der Waals surface area contributed by atoms with E-state index in [1.807, 2.05) is 24.3 Å². The Morgan fingerprint density at radius 3 is 2.54 bits per heavy atom. The van der Waals surface area contributed by atoms with E-state index in [-0.39, 0.29) is 11.9 Å². The van der Waals surface area contributed by atoms with Crippen molar-refractivity contribution in [1.29, 1.82) is 0 Å². The molecule has 4 heterocycles. The minimum absolute atomic E-state index is 0.00857. The molecule has 0 unspecified atom stereocenters. The Morgan fingerprint density at radius 2 is 1.88 bits per heavy atom. The Hall–Kier alpha value is -2.34. The van der Waals surface area contributed by atoms with Gasteiger partial charge in [0.05, 0.1) is 19.1 Å². The zero-order chi connectivity index (χ0) is 18.1. The molecule has 6 heteroatoms. The molecule has 0 bridgehead atoms. The second-order valence-electron chi connectivity index (χ2n) is 7.64. The molecule has 2 aliphatic rings. The fraction of sp³-hybridized carbons (Fsp3) is 0.500. The number of carbonyl (C=O) groups excluding carboxylic acids is 1. The zero-order valence-corrected chi connectivity index (χ0v) is 15.3. The molecule has 0 saturated carbocycles. The molecule has 2 aromatic heterocycles. The highest BCUT2D eigenvalue weighted by molar-refractivity contribution is 6.01. The number of piperidine rings is 1. The first-order valence-corrected chi connectivity index (χ1v) is 9.29. The van der Waals surface area contributed by atoms with E-state index in [1.165, 1.54) is 6.42 Å². The third-order valence-electron chi connectivity index (χ3n) is 5.15. The minimum Gasteiger partial charge on any atom is -0.467 e. The lowest BCUT2D eigenvalue weighted by atomic mass is 9.92. The number of amides is 1. The van der Waals surface area contributed by atoms with Crippen LogP contribution in [0.25, 0.3) is 0 Å². The molecule has 0 aliphatic carbocycles. The van der Waals surface area contributed by atoms with E-state index >= 15 is 0 Å². The number of hydrogen-bond donors (Lipinski definition) is 0. The van der Waals surface area contributed by atoms with Crippen molar-refractivity contribution in [1.82, 2.24) is 9.91 Å². The van der Waals surface area contributed by atoms with Gasteiger partial charge < -0.3 is 8.83 Å². The van der Waals surface area contributed by atoms with Crippen molar-refractivity contribution in [2.45, 2.75) is 32.7 Å². The lowest BCUT2D eigenvalue weighted by Gasteiger charge is -2.35. The Bertz CT molecular complexity index is 756. The summed E-state index contributed by atoms with van der Waals surface area (Å²) >= 11 is 0. The molecule has 2 aromatic rings. The van der Waals surface area contributed by atoms with E-state index in [1.54, 1.807) is 17.5 Å². The van der Waals surface area contributed by atoms with Crippen LogP contribution in [0.5, 0.6) is 0 Å². The predicted octanol–water partition coefficient (Wildman–Crippen LogP) is 3.53. The van der Waals surface area contributed by atoms with Crippen molar-refractivity contribution >= 4 is 11.6 Å². The predicted molar refractivity (Wildman–Crippen MR) is 97.5 cm³/mol. The summed E-state index contributed by atoms with van der Waals surface area (Å²) in [6.45, 7) is 6.82. The maximum atomic E-state index is 13.1. The SMILES string of the molecule is C[C@@H]1C[C@H](C)CN(CC(=O)N2N=C(c3ccco3)C[C@@H]2c2ccco2)C1.